The molecule has 1 heterocycles. The molecular formula is C18H21N3O4. The Balaban J connectivity index is 2.40. The fourth-order valence-corrected chi connectivity index (χ4v) is 2.62. The summed E-state index contributed by atoms with van der Waals surface area (Å²) in [7, 11) is 0. The number of carboxylic acids is 1. The van der Waals surface area contributed by atoms with E-state index in [0.29, 0.717) is 18.5 Å². The van der Waals surface area contributed by atoms with E-state index in [1.54, 1.807) is 37.3 Å². The van der Waals surface area contributed by atoms with Gasteiger partial charge in [0.1, 0.15) is 5.69 Å². The van der Waals surface area contributed by atoms with E-state index in [-0.39, 0.29) is 17.7 Å². The van der Waals surface area contributed by atoms with Gasteiger partial charge in [0.05, 0.1) is 0 Å². The van der Waals surface area contributed by atoms with Gasteiger partial charge in [0.25, 0.3) is 11.5 Å². The van der Waals surface area contributed by atoms with Crippen LogP contribution in [0, 0.1) is 0 Å². The second kappa shape index (κ2) is 7.74. The van der Waals surface area contributed by atoms with Crippen molar-refractivity contribution in [3.63, 3.8) is 0 Å². The molecule has 7 heteroatoms. The number of nitrogens with one attached hydrogen (secondary N) is 1. The van der Waals surface area contributed by atoms with E-state index >= 15 is 0 Å². The molecule has 2 N–H and O–H groups in total. The number of nitrogens with zero attached hydrogens (tertiary/aromatic N) is 2. The van der Waals surface area contributed by atoms with Crippen LogP contribution in [0.25, 0.3) is 0 Å². The van der Waals surface area contributed by atoms with E-state index in [2.05, 4.69) is 10.4 Å². The second-order valence-corrected chi connectivity index (χ2v) is 5.66. The highest BCUT2D eigenvalue weighted by Gasteiger charge is 2.40. The Morgan fingerprint density at radius 3 is 2.40 bits per heavy atom. The minimum Gasteiger partial charge on any atom is -0.479 e. The first-order chi connectivity index (χ1) is 11.9. The monoisotopic (exact) mass is 343 g/mol. The van der Waals surface area contributed by atoms with Gasteiger partial charge in [-0.3, -0.25) is 9.59 Å². The van der Waals surface area contributed by atoms with Crippen molar-refractivity contribution in [2.75, 3.05) is 0 Å². The summed E-state index contributed by atoms with van der Waals surface area (Å²) in [6.45, 7) is 3.96. The van der Waals surface area contributed by atoms with Crippen molar-refractivity contribution >= 4 is 11.9 Å². The lowest BCUT2D eigenvalue weighted by Crippen LogP contribution is -2.51. The molecule has 1 atom stereocenters. The largest absolute Gasteiger partial charge is 0.479 e. The number of hydrogen-bond donors (Lipinski definition) is 2. The summed E-state index contributed by atoms with van der Waals surface area (Å²) >= 11 is 0. The van der Waals surface area contributed by atoms with Crippen LogP contribution in [0.4, 0.5) is 0 Å². The lowest BCUT2D eigenvalue weighted by molar-refractivity contribution is -0.145. The summed E-state index contributed by atoms with van der Waals surface area (Å²) in [5, 5.41) is 16.4. The number of carboxylic acid groups (broad SMARTS) is 1. The fourth-order valence-electron chi connectivity index (χ4n) is 2.62. The van der Waals surface area contributed by atoms with Gasteiger partial charge in [-0.05, 0) is 24.5 Å². The van der Waals surface area contributed by atoms with Crippen LogP contribution in [0.5, 0.6) is 0 Å². The quantitative estimate of drug-likeness (QED) is 0.798. The highest BCUT2D eigenvalue weighted by molar-refractivity contribution is 5.96. The summed E-state index contributed by atoms with van der Waals surface area (Å²) in [6, 6.07) is 11.1. The molecule has 0 unspecified atom stereocenters. The molecule has 132 valence electrons. The van der Waals surface area contributed by atoms with E-state index in [1.807, 2.05) is 6.92 Å². The number of rotatable bonds is 7. The van der Waals surface area contributed by atoms with Crippen LogP contribution in [0.2, 0.25) is 0 Å². The zero-order valence-corrected chi connectivity index (χ0v) is 14.2. The van der Waals surface area contributed by atoms with Crippen LogP contribution < -0.4 is 10.9 Å². The predicted octanol–water partition coefficient (Wildman–Crippen LogP) is 1.77. The van der Waals surface area contributed by atoms with Gasteiger partial charge in [-0.2, -0.15) is 5.10 Å². The highest BCUT2D eigenvalue weighted by atomic mass is 16.4. The van der Waals surface area contributed by atoms with Crippen molar-refractivity contribution < 1.29 is 14.7 Å². The number of carbonyl (C=O) groups is 2. The number of aliphatic carboxylic acids is 1. The third kappa shape index (κ3) is 3.76. The Kier molecular flexibility index (Phi) is 5.69. The normalized spacial score (nSPS) is 13.0. The molecule has 0 saturated carbocycles. The Labute approximate surface area is 145 Å². The predicted molar refractivity (Wildman–Crippen MR) is 92.3 cm³/mol. The van der Waals surface area contributed by atoms with Gasteiger partial charge in [-0.25, -0.2) is 9.48 Å². The molecule has 0 bridgehead atoms. The summed E-state index contributed by atoms with van der Waals surface area (Å²) in [6.07, 6.45) is 0.850. The van der Waals surface area contributed by atoms with E-state index in [4.69, 9.17) is 0 Å². The topological polar surface area (TPSA) is 101 Å². The van der Waals surface area contributed by atoms with Crippen molar-refractivity contribution in [2.45, 2.75) is 38.8 Å². The molecule has 2 aromatic rings. The van der Waals surface area contributed by atoms with Gasteiger partial charge in [-0.1, -0.05) is 44.2 Å². The third-order valence-corrected chi connectivity index (χ3v) is 4.02. The smallest absolute Gasteiger partial charge is 0.334 e. The third-order valence-electron chi connectivity index (χ3n) is 4.02. The van der Waals surface area contributed by atoms with E-state index < -0.39 is 17.4 Å². The van der Waals surface area contributed by atoms with Crippen molar-refractivity contribution in [2.24, 2.45) is 0 Å². The SMILES string of the molecule is CCCn1nc(C(=O)N[C@](CC)(C(=O)O)c2ccccc2)ccc1=O. The number of hydrogen-bond acceptors (Lipinski definition) is 4. The number of benzene rings is 1. The first-order valence-electron chi connectivity index (χ1n) is 8.14. The Morgan fingerprint density at radius 1 is 1.16 bits per heavy atom. The number of amides is 1. The molecule has 0 spiro atoms. The molecular weight excluding hydrogens is 322 g/mol. The van der Waals surface area contributed by atoms with Gasteiger partial charge in [-0.15, -0.1) is 0 Å². The average Bonchev–Trinajstić information content (AvgIpc) is 2.62. The molecule has 0 fully saturated rings. The molecule has 2 rings (SSSR count). The van der Waals surface area contributed by atoms with E-state index in [0.717, 1.165) is 0 Å². The molecule has 1 aromatic carbocycles. The van der Waals surface area contributed by atoms with Crippen LogP contribution in [0.1, 0.15) is 42.7 Å². The van der Waals surface area contributed by atoms with E-state index in [1.165, 1.54) is 16.8 Å². The first kappa shape index (κ1) is 18.4. The summed E-state index contributed by atoms with van der Waals surface area (Å²) in [4.78, 5) is 36.3. The van der Waals surface area contributed by atoms with Crippen LogP contribution in [-0.4, -0.2) is 26.8 Å². The summed E-state index contributed by atoms with van der Waals surface area (Å²) < 4.78 is 1.20. The van der Waals surface area contributed by atoms with Gasteiger partial charge < -0.3 is 10.4 Å². The van der Waals surface area contributed by atoms with Gasteiger partial charge in [0, 0.05) is 12.6 Å². The fraction of sp³-hybridized carbons (Fsp3) is 0.333. The standard InChI is InChI=1S/C18H21N3O4/c1-3-12-21-15(22)11-10-14(20-21)16(23)19-18(4-2,17(24)25)13-8-6-5-7-9-13/h5-11H,3-4,12H2,1-2H3,(H,19,23)(H,24,25)/t18-/m0/s1. The van der Waals surface area contributed by atoms with Crippen LogP contribution >= 0.6 is 0 Å². The molecule has 25 heavy (non-hydrogen) atoms. The lowest BCUT2D eigenvalue weighted by atomic mass is 9.87. The zero-order chi connectivity index (χ0) is 18.4. The molecule has 0 radical (unpaired) electrons. The molecule has 1 amide bonds. The molecule has 0 saturated heterocycles. The van der Waals surface area contributed by atoms with Crippen LogP contribution in [-0.2, 0) is 16.9 Å². The molecule has 7 nitrogen and oxygen atoms in total. The first-order valence-corrected chi connectivity index (χ1v) is 8.14. The Bertz CT molecular complexity index is 817. The van der Waals surface area contributed by atoms with Gasteiger partial charge in [0.15, 0.2) is 5.54 Å². The number of aromatic nitrogens is 2. The second-order valence-electron chi connectivity index (χ2n) is 5.66. The maximum atomic E-state index is 12.6. The number of carbonyl (C=O) groups excluding carboxylic acids is 1. The van der Waals surface area contributed by atoms with Crippen LogP contribution in [0.15, 0.2) is 47.3 Å². The number of aryl methyl sites for hydroxylation is 1. The summed E-state index contributed by atoms with van der Waals surface area (Å²) in [5.74, 6) is -1.80. The van der Waals surface area contributed by atoms with E-state index in [9.17, 15) is 19.5 Å². The zero-order valence-electron chi connectivity index (χ0n) is 14.2. The lowest BCUT2D eigenvalue weighted by Gasteiger charge is -2.29. The molecule has 1 aromatic heterocycles. The van der Waals surface area contributed by atoms with Gasteiger partial charge >= 0.3 is 5.97 Å². The van der Waals surface area contributed by atoms with Crippen molar-refractivity contribution in [3.8, 4) is 0 Å². The molecule has 0 aliphatic rings. The molecule has 0 aliphatic carbocycles. The Morgan fingerprint density at radius 2 is 1.84 bits per heavy atom. The summed E-state index contributed by atoms with van der Waals surface area (Å²) in [5.41, 5.74) is -1.39. The van der Waals surface area contributed by atoms with Crippen molar-refractivity contribution in [1.29, 1.82) is 0 Å². The minimum atomic E-state index is -1.56. The van der Waals surface area contributed by atoms with Crippen LogP contribution in [0.3, 0.4) is 0 Å². The minimum absolute atomic E-state index is 0.00283. The van der Waals surface area contributed by atoms with Crippen molar-refractivity contribution in [3.05, 3.63) is 64.1 Å². The maximum Gasteiger partial charge on any atom is 0.334 e. The average molecular weight is 343 g/mol. The van der Waals surface area contributed by atoms with Gasteiger partial charge in [0.2, 0.25) is 0 Å². The maximum absolute atomic E-state index is 12.6. The van der Waals surface area contributed by atoms with Crippen molar-refractivity contribution in [1.82, 2.24) is 15.1 Å². The highest BCUT2D eigenvalue weighted by Crippen LogP contribution is 2.25. The Hall–Kier alpha value is -2.96. The molecule has 0 aliphatic heterocycles.